The molecule has 1 amide bonds. The molecule has 0 aromatic carbocycles. The predicted molar refractivity (Wildman–Crippen MR) is 99.3 cm³/mol. The van der Waals surface area contributed by atoms with Crippen molar-refractivity contribution in [1.82, 2.24) is 29.8 Å². The van der Waals surface area contributed by atoms with Crippen molar-refractivity contribution >= 4 is 17.7 Å². The minimum absolute atomic E-state index is 0.0139. The largest absolute Gasteiger partial charge is 0.336 e. The second-order valence-electron chi connectivity index (χ2n) is 6.60. The van der Waals surface area contributed by atoms with Crippen molar-refractivity contribution < 1.29 is 4.79 Å². The summed E-state index contributed by atoms with van der Waals surface area (Å²) in [5, 5.41) is 11.1. The van der Waals surface area contributed by atoms with Gasteiger partial charge in [-0.25, -0.2) is 4.68 Å². The number of amides is 1. The van der Waals surface area contributed by atoms with Gasteiger partial charge < -0.3 is 4.90 Å². The van der Waals surface area contributed by atoms with Gasteiger partial charge in [0, 0.05) is 57.2 Å². The molecular weight excluding hydrogens is 352 g/mol. The van der Waals surface area contributed by atoms with Crippen LogP contribution in [0.3, 0.4) is 0 Å². The standard InChI is InChI=1S/C17H22N6O2S/c24-16-9-13-12-26-8-1-15(13)20-23(16)7-4-21-2-5-22(6-3-21)17(25)14-10-18-19-11-14/h9-11H,1-8,12H2,(H,18,19). The van der Waals surface area contributed by atoms with Gasteiger partial charge in [-0.15, -0.1) is 0 Å². The Morgan fingerprint density at radius 2 is 2.08 bits per heavy atom. The number of aromatic nitrogens is 4. The molecule has 138 valence electrons. The van der Waals surface area contributed by atoms with Crippen LogP contribution in [0.15, 0.2) is 23.3 Å². The number of hydrogen-bond acceptors (Lipinski definition) is 6. The summed E-state index contributed by atoms with van der Waals surface area (Å²) in [6.07, 6.45) is 4.12. The van der Waals surface area contributed by atoms with E-state index in [-0.39, 0.29) is 11.5 Å². The van der Waals surface area contributed by atoms with Gasteiger partial charge in [0.2, 0.25) is 0 Å². The maximum Gasteiger partial charge on any atom is 0.267 e. The summed E-state index contributed by atoms with van der Waals surface area (Å²) in [7, 11) is 0. The first-order valence-corrected chi connectivity index (χ1v) is 10.0. The van der Waals surface area contributed by atoms with E-state index in [1.54, 1.807) is 23.1 Å². The number of carbonyl (C=O) groups excluding carboxylic acids is 1. The van der Waals surface area contributed by atoms with Gasteiger partial charge >= 0.3 is 0 Å². The molecule has 0 bridgehead atoms. The van der Waals surface area contributed by atoms with Crippen molar-refractivity contribution in [3.63, 3.8) is 0 Å². The number of nitrogens with zero attached hydrogens (tertiary/aromatic N) is 5. The van der Waals surface area contributed by atoms with Crippen LogP contribution in [-0.2, 0) is 18.7 Å². The maximum absolute atomic E-state index is 12.3. The van der Waals surface area contributed by atoms with E-state index in [1.165, 1.54) is 0 Å². The normalized spacial score (nSPS) is 17.9. The van der Waals surface area contributed by atoms with Gasteiger partial charge in [-0.2, -0.15) is 22.0 Å². The second-order valence-corrected chi connectivity index (χ2v) is 7.71. The Kier molecular flexibility index (Phi) is 5.07. The fraction of sp³-hybridized carbons (Fsp3) is 0.529. The van der Waals surface area contributed by atoms with Crippen LogP contribution in [0, 0.1) is 0 Å². The van der Waals surface area contributed by atoms with Crippen molar-refractivity contribution in [3.8, 4) is 0 Å². The molecule has 9 heteroatoms. The molecule has 4 heterocycles. The minimum atomic E-state index is -0.0139. The molecule has 0 saturated carbocycles. The number of rotatable bonds is 4. The van der Waals surface area contributed by atoms with Crippen LogP contribution in [0.25, 0.3) is 0 Å². The molecule has 2 aromatic heterocycles. The molecule has 26 heavy (non-hydrogen) atoms. The molecule has 0 unspecified atom stereocenters. The van der Waals surface area contributed by atoms with Gasteiger partial charge in [-0.3, -0.25) is 19.6 Å². The monoisotopic (exact) mass is 374 g/mol. The molecule has 0 spiro atoms. The summed E-state index contributed by atoms with van der Waals surface area (Å²) in [5.74, 6) is 1.99. The molecule has 0 aliphatic carbocycles. The molecule has 2 aliphatic heterocycles. The number of nitrogens with one attached hydrogen (secondary N) is 1. The van der Waals surface area contributed by atoms with Gasteiger partial charge in [0.25, 0.3) is 11.5 Å². The van der Waals surface area contributed by atoms with Crippen molar-refractivity contribution in [2.45, 2.75) is 18.7 Å². The van der Waals surface area contributed by atoms with E-state index in [0.29, 0.717) is 25.2 Å². The topological polar surface area (TPSA) is 87.1 Å². The molecule has 1 N–H and O–H groups in total. The Bertz CT molecular complexity index is 826. The SMILES string of the molecule is O=C(c1cn[nH]c1)N1CCN(CCn2nc3c(cc2=O)CSCC3)CC1. The molecule has 2 aliphatic rings. The number of aryl methyl sites for hydroxylation is 1. The summed E-state index contributed by atoms with van der Waals surface area (Å²) < 4.78 is 1.60. The molecule has 0 radical (unpaired) electrons. The van der Waals surface area contributed by atoms with Crippen molar-refractivity contribution in [1.29, 1.82) is 0 Å². The van der Waals surface area contributed by atoms with Crippen molar-refractivity contribution in [3.05, 3.63) is 45.6 Å². The van der Waals surface area contributed by atoms with E-state index in [9.17, 15) is 9.59 Å². The predicted octanol–water partition coefficient (Wildman–Crippen LogP) is 0.214. The van der Waals surface area contributed by atoms with E-state index in [0.717, 1.165) is 48.8 Å². The summed E-state index contributed by atoms with van der Waals surface area (Å²) in [4.78, 5) is 28.7. The smallest absolute Gasteiger partial charge is 0.267 e. The number of H-pyrrole nitrogens is 1. The van der Waals surface area contributed by atoms with Gasteiger partial charge in [-0.05, 0) is 11.3 Å². The number of thioether (sulfide) groups is 1. The van der Waals surface area contributed by atoms with Crippen LogP contribution >= 0.6 is 11.8 Å². The highest BCUT2D eigenvalue weighted by Crippen LogP contribution is 2.21. The Hall–Kier alpha value is -2.13. The summed E-state index contributed by atoms with van der Waals surface area (Å²) in [6.45, 7) is 4.35. The van der Waals surface area contributed by atoms with Gasteiger partial charge in [0.05, 0.1) is 24.0 Å². The number of carbonyl (C=O) groups is 1. The fourth-order valence-electron chi connectivity index (χ4n) is 3.37. The third kappa shape index (κ3) is 3.68. The average Bonchev–Trinajstić information content (AvgIpc) is 3.21. The van der Waals surface area contributed by atoms with E-state index in [1.807, 2.05) is 16.7 Å². The fourth-order valence-corrected chi connectivity index (χ4v) is 4.33. The molecule has 1 saturated heterocycles. The van der Waals surface area contributed by atoms with Crippen LogP contribution < -0.4 is 5.56 Å². The first kappa shape index (κ1) is 17.3. The zero-order chi connectivity index (χ0) is 17.9. The summed E-state index contributed by atoms with van der Waals surface area (Å²) >= 11 is 1.86. The molecule has 0 atom stereocenters. The van der Waals surface area contributed by atoms with E-state index in [2.05, 4.69) is 20.2 Å². The highest BCUT2D eigenvalue weighted by atomic mass is 32.2. The van der Waals surface area contributed by atoms with Crippen LogP contribution in [-0.4, -0.2) is 74.2 Å². The van der Waals surface area contributed by atoms with E-state index >= 15 is 0 Å². The lowest BCUT2D eigenvalue weighted by Crippen LogP contribution is -2.49. The van der Waals surface area contributed by atoms with Crippen LogP contribution in [0.4, 0.5) is 0 Å². The molecule has 8 nitrogen and oxygen atoms in total. The Labute approximate surface area is 155 Å². The third-order valence-corrected chi connectivity index (χ3v) is 5.95. The lowest BCUT2D eigenvalue weighted by molar-refractivity contribution is 0.0631. The van der Waals surface area contributed by atoms with Crippen molar-refractivity contribution in [2.24, 2.45) is 0 Å². The van der Waals surface area contributed by atoms with E-state index in [4.69, 9.17) is 0 Å². The zero-order valence-corrected chi connectivity index (χ0v) is 15.4. The second kappa shape index (κ2) is 7.63. The van der Waals surface area contributed by atoms with Gasteiger partial charge in [0.1, 0.15) is 0 Å². The lowest BCUT2D eigenvalue weighted by atomic mass is 10.2. The minimum Gasteiger partial charge on any atom is -0.336 e. The summed E-state index contributed by atoms with van der Waals surface area (Å²) in [6, 6.07) is 1.75. The van der Waals surface area contributed by atoms with Crippen LogP contribution in [0.2, 0.25) is 0 Å². The Balaban J connectivity index is 1.31. The van der Waals surface area contributed by atoms with Crippen LogP contribution in [0.1, 0.15) is 21.6 Å². The number of piperazine rings is 1. The molecule has 4 rings (SSSR count). The quantitative estimate of drug-likeness (QED) is 0.824. The molecule has 2 aromatic rings. The van der Waals surface area contributed by atoms with Gasteiger partial charge in [-0.1, -0.05) is 0 Å². The zero-order valence-electron chi connectivity index (χ0n) is 14.6. The average molecular weight is 374 g/mol. The third-order valence-electron chi connectivity index (χ3n) is 4.94. The molecule has 1 fully saturated rings. The number of fused-ring (bicyclic) bond motifs is 1. The van der Waals surface area contributed by atoms with E-state index < -0.39 is 0 Å². The summed E-state index contributed by atoms with van der Waals surface area (Å²) in [5.41, 5.74) is 2.74. The first-order valence-electron chi connectivity index (χ1n) is 8.89. The lowest BCUT2D eigenvalue weighted by Gasteiger charge is -2.34. The Morgan fingerprint density at radius 1 is 1.23 bits per heavy atom. The van der Waals surface area contributed by atoms with Crippen molar-refractivity contribution in [2.75, 3.05) is 38.5 Å². The number of aromatic amines is 1. The first-order chi connectivity index (χ1) is 12.7. The van der Waals surface area contributed by atoms with Gasteiger partial charge in [0.15, 0.2) is 0 Å². The maximum atomic E-state index is 12.3. The molecular formula is C17H22N6O2S. The van der Waals surface area contributed by atoms with Crippen LogP contribution in [0.5, 0.6) is 0 Å². The highest BCUT2D eigenvalue weighted by molar-refractivity contribution is 7.98. The number of hydrogen-bond donors (Lipinski definition) is 1. The highest BCUT2D eigenvalue weighted by Gasteiger charge is 2.22. The Morgan fingerprint density at radius 3 is 2.85 bits per heavy atom.